The predicted molar refractivity (Wildman–Crippen MR) is 74.6 cm³/mol. The van der Waals surface area contributed by atoms with Crippen LogP contribution in [0.15, 0.2) is 4.99 Å². The van der Waals surface area contributed by atoms with Crippen LogP contribution < -0.4 is 16.6 Å². The summed E-state index contributed by atoms with van der Waals surface area (Å²) in [7, 11) is 0. The Balaban J connectivity index is 2.19. The molecule has 0 bridgehead atoms. The van der Waals surface area contributed by atoms with Crippen LogP contribution in [0.3, 0.4) is 0 Å². The van der Waals surface area contributed by atoms with E-state index in [0.717, 1.165) is 19.4 Å². The van der Waals surface area contributed by atoms with Gasteiger partial charge < -0.3 is 15.0 Å². The number of rotatable bonds is 6. The summed E-state index contributed by atoms with van der Waals surface area (Å²) < 4.78 is 5.21. The second kappa shape index (κ2) is 9.57. The summed E-state index contributed by atoms with van der Waals surface area (Å²) in [5.41, 5.74) is 2.51. The summed E-state index contributed by atoms with van der Waals surface area (Å²) in [6.07, 6.45) is 2.56. The summed E-state index contributed by atoms with van der Waals surface area (Å²) in [6.45, 7) is 6.02. The molecule has 4 N–H and O–H groups in total. The van der Waals surface area contributed by atoms with Crippen LogP contribution in [-0.4, -0.2) is 56.2 Å². The third-order valence-electron chi connectivity index (χ3n) is 2.91. The van der Waals surface area contributed by atoms with E-state index in [1.54, 1.807) is 0 Å². The number of hydrogen-bond acceptors (Lipinski definition) is 4. The van der Waals surface area contributed by atoms with Crippen LogP contribution >= 0.6 is 0 Å². The predicted octanol–water partition coefficient (Wildman–Crippen LogP) is -0.556. The molecule has 1 amide bonds. The molecule has 0 aromatic rings. The molecule has 1 rings (SSSR count). The van der Waals surface area contributed by atoms with Gasteiger partial charge in [-0.05, 0) is 6.42 Å². The molecule has 0 aromatic heterocycles. The van der Waals surface area contributed by atoms with Crippen LogP contribution in [0.4, 0.5) is 0 Å². The Morgan fingerprint density at radius 3 is 2.79 bits per heavy atom. The van der Waals surface area contributed by atoms with Crippen molar-refractivity contribution in [2.45, 2.75) is 26.2 Å². The van der Waals surface area contributed by atoms with Crippen molar-refractivity contribution in [1.82, 2.24) is 15.6 Å². The fraction of sp³-hybridized carbons (Fsp3) is 0.833. The van der Waals surface area contributed by atoms with Gasteiger partial charge in [0.25, 0.3) is 0 Å². The number of hydrogen-bond donors (Lipinski definition) is 3. The fourth-order valence-corrected chi connectivity index (χ4v) is 1.76. The molecular weight excluding hydrogens is 246 g/mol. The van der Waals surface area contributed by atoms with Gasteiger partial charge in [0.2, 0.25) is 11.9 Å². The minimum absolute atomic E-state index is 0.140. The second-order valence-electron chi connectivity index (χ2n) is 4.40. The lowest BCUT2D eigenvalue weighted by molar-refractivity contribution is -0.135. The van der Waals surface area contributed by atoms with E-state index >= 15 is 0 Å². The molecule has 1 aliphatic rings. The molecule has 0 atom stereocenters. The van der Waals surface area contributed by atoms with E-state index in [2.05, 4.69) is 22.7 Å². The Kier molecular flexibility index (Phi) is 7.92. The number of carbonyl (C=O) groups is 1. The van der Waals surface area contributed by atoms with Gasteiger partial charge in [-0.25, -0.2) is 5.84 Å². The average molecular weight is 271 g/mol. The largest absolute Gasteiger partial charge is 0.378 e. The molecule has 7 nitrogen and oxygen atoms in total. The number of amides is 1. The number of hydrazine groups is 1. The molecule has 1 heterocycles. The number of nitrogens with one attached hydrogen (secondary N) is 2. The molecule has 0 saturated carbocycles. The fourth-order valence-electron chi connectivity index (χ4n) is 1.76. The lowest BCUT2D eigenvalue weighted by atomic mass is 10.3. The molecule has 0 radical (unpaired) electrons. The quantitative estimate of drug-likeness (QED) is 0.198. The highest BCUT2D eigenvalue weighted by Crippen LogP contribution is 1.99. The maximum Gasteiger partial charge on any atom is 0.224 e. The van der Waals surface area contributed by atoms with Gasteiger partial charge >= 0.3 is 0 Å². The molecular formula is C12H25N5O2. The van der Waals surface area contributed by atoms with Gasteiger partial charge in [0.15, 0.2) is 0 Å². The van der Waals surface area contributed by atoms with Crippen LogP contribution in [-0.2, 0) is 9.53 Å². The second-order valence-corrected chi connectivity index (χ2v) is 4.40. The van der Waals surface area contributed by atoms with Crippen molar-refractivity contribution >= 4 is 11.9 Å². The summed E-state index contributed by atoms with van der Waals surface area (Å²) in [5.74, 6) is 6.04. The molecule has 0 aliphatic carbocycles. The zero-order valence-electron chi connectivity index (χ0n) is 11.7. The van der Waals surface area contributed by atoms with Crippen LogP contribution in [0.5, 0.6) is 0 Å². The molecule has 1 fully saturated rings. The summed E-state index contributed by atoms with van der Waals surface area (Å²) in [4.78, 5) is 18.0. The zero-order valence-corrected chi connectivity index (χ0v) is 11.7. The van der Waals surface area contributed by atoms with Crippen LogP contribution in [0.1, 0.15) is 26.2 Å². The highest BCUT2D eigenvalue weighted by Gasteiger charge is 2.16. The first kappa shape index (κ1) is 15.7. The number of nitrogens with zero attached hydrogens (tertiary/aromatic N) is 2. The van der Waals surface area contributed by atoms with E-state index in [1.165, 1.54) is 0 Å². The molecule has 0 aromatic carbocycles. The van der Waals surface area contributed by atoms with E-state index < -0.39 is 0 Å². The normalized spacial score (nSPS) is 16.3. The van der Waals surface area contributed by atoms with Gasteiger partial charge in [0.05, 0.1) is 13.2 Å². The molecule has 1 saturated heterocycles. The highest BCUT2D eigenvalue weighted by atomic mass is 16.5. The Bertz CT molecular complexity index is 290. The van der Waals surface area contributed by atoms with Crippen molar-refractivity contribution in [2.24, 2.45) is 10.8 Å². The molecule has 19 heavy (non-hydrogen) atoms. The van der Waals surface area contributed by atoms with Crippen LogP contribution in [0, 0.1) is 0 Å². The number of ether oxygens (including phenoxy) is 1. The number of unbranched alkanes of at least 4 members (excludes halogenated alkanes) is 1. The lowest BCUT2D eigenvalue weighted by Gasteiger charge is -2.26. The summed E-state index contributed by atoms with van der Waals surface area (Å²) >= 11 is 0. The molecule has 0 unspecified atom stereocenters. The number of guanidine groups is 1. The third kappa shape index (κ3) is 6.40. The lowest BCUT2D eigenvalue weighted by Crippen LogP contribution is -2.45. The standard InChI is InChI=1S/C12H25N5O2/c1-2-3-5-14-12(16-13)15-6-4-11(18)17-7-9-19-10-8-17/h2-10,13H2,1H3,(H2,14,15,16). The Morgan fingerprint density at radius 2 is 2.16 bits per heavy atom. The topological polar surface area (TPSA) is 92.0 Å². The van der Waals surface area contributed by atoms with Gasteiger partial charge in [-0.15, -0.1) is 0 Å². The first-order valence-electron chi connectivity index (χ1n) is 6.88. The third-order valence-corrected chi connectivity index (χ3v) is 2.91. The number of morpholine rings is 1. The minimum atomic E-state index is 0.140. The van der Waals surface area contributed by atoms with Crippen molar-refractivity contribution in [3.8, 4) is 0 Å². The summed E-state index contributed by atoms with van der Waals surface area (Å²) in [5, 5.41) is 3.03. The van der Waals surface area contributed by atoms with Crippen molar-refractivity contribution in [2.75, 3.05) is 39.4 Å². The van der Waals surface area contributed by atoms with Gasteiger partial charge in [-0.2, -0.15) is 0 Å². The monoisotopic (exact) mass is 271 g/mol. The van der Waals surface area contributed by atoms with Crippen molar-refractivity contribution in [3.63, 3.8) is 0 Å². The van der Waals surface area contributed by atoms with Gasteiger partial charge in [0.1, 0.15) is 0 Å². The first-order valence-corrected chi connectivity index (χ1v) is 6.88. The zero-order chi connectivity index (χ0) is 13.9. The van der Waals surface area contributed by atoms with Crippen LogP contribution in [0.2, 0.25) is 0 Å². The molecule has 1 aliphatic heterocycles. The van der Waals surface area contributed by atoms with E-state index in [4.69, 9.17) is 10.6 Å². The van der Waals surface area contributed by atoms with Crippen LogP contribution in [0.25, 0.3) is 0 Å². The number of nitrogens with two attached hydrogens (primary N) is 1. The van der Waals surface area contributed by atoms with Gasteiger partial charge in [-0.3, -0.25) is 15.2 Å². The van der Waals surface area contributed by atoms with Gasteiger partial charge in [-0.1, -0.05) is 13.3 Å². The maximum absolute atomic E-state index is 11.9. The number of carbonyl (C=O) groups excluding carboxylic acids is 1. The van der Waals surface area contributed by atoms with Crippen molar-refractivity contribution < 1.29 is 9.53 Å². The summed E-state index contributed by atoms with van der Waals surface area (Å²) in [6, 6.07) is 0. The Morgan fingerprint density at radius 1 is 1.42 bits per heavy atom. The maximum atomic E-state index is 11.9. The van der Waals surface area contributed by atoms with E-state index in [-0.39, 0.29) is 5.91 Å². The van der Waals surface area contributed by atoms with E-state index in [9.17, 15) is 4.79 Å². The smallest absolute Gasteiger partial charge is 0.224 e. The minimum Gasteiger partial charge on any atom is -0.378 e. The SMILES string of the molecule is CCCCN=C(NN)NCCC(=O)N1CCOCC1. The molecule has 0 spiro atoms. The highest BCUT2D eigenvalue weighted by molar-refractivity contribution is 5.80. The van der Waals surface area contributed by atoms with E-state index in [0.29, 0.717) is 45.2 Å². The van der Waals surface area contributed by atoms with Crippen molar-refractivity contribution in [3.05, 3.63) is 0 Å². The Labute approximate surface area is 114 Å². The average Bonchev–Trinajstić information content (AvgIpc) is 2.46. The van der Waals surface area contributed by atoms with Crippen molar-refractivity contribution in [1.29, 1.82) is 0 Å². The van der Waals surface area contributed by atoms with E-state index in [1.807, 2.05) is 4.90 Å². The van der Waals surface area contributed by atoms with Gasteiger partial charge in [0, 0.05) is 32.6 Å². The number of aliphatic imine (C=N–C) groups is 1. The Hall–Kier alpha value is -1.34. The first-order chi connectivity index (χ1) is 9.27. The molecule has 110 valence electrons. The molecule has 7 heteroatoms.